The van der Waals surface area contributed by atoms with E-state index in [2.05, 4.69) is 29.1 Å². The summed E-state index contributed by atoms with van der Waals surface area (Å²) in [4.78, 5) is 6.80. The van der Waals surface area contributed by atoms with Crippen LogP contribution in [0.15, 0.2) is 29.3 Å². The maximum Gasteiger partial charge on any atom is 0.194 e. The molecule has 0 bridgehead atoms. The number of thioether (sulfide) groups is 1. The van der Waals surface area contributed by atoms with E-state index in [0.29, 0.717) is 5.75 Å². The molecular formula is C18H29FIN3O2S. The molecule has 0 aromatic heterocycles. The zero-order chi connectivity index (χ0) is 18.3. The topological polar surface area (TPSA) is 57.1 Å². The lowest BCUT2D eigenvalue weighted by Crippen LogP contribution is -2.51. The van der Waals surface area contributed by atoms with Crippen molar-refractivity contribution >= 4 is 41.7 Å². The van der Waals surface area contributed by atoms with Gasteiger partial charge in [-0.15, -0.1) is 24.0 Å². The Balaban J connectivity index is 0.00000338. The molecule has 0 radical (unpaired) electrons. The van der Waals surface area contributed by atoms with Crippen LogP contribution in [0.1, 0.15) is 20.8 Å². The smallest absolute Gasteiger partial charge is 0.194 e. The molecule has 1 saturated heterocycles. The van der Waals surface area contributed by atoms with Crippen molar-refractivity contribution in [3.05, 3.63) is 30.1 Å². The molecule has 0 aliphatic carbocycles. The van der Waals surface area contributed by atoms with Gasteiger partial charge in [-0.2, -0.15) is 11.8 Å². The summed E-state index contributed by atoms with van der Waals surface area (Å²) in [5.41, 5.74) is 0. The number of hydrogen-bond donors (Lipinski definition) is 2. The quantitative estimate of drug-likeness (QED) is 0.360. The van der Waals surface area contributed by atoms with Crippen LogP contribution in [-0.4, -0.2) is 65.4 Å². The van der Waals surface area contributed by atoms with Crippen molar-refractivity contribution in [2.24, 2.45) is 4.99 Å². The fraction of sp³-hybridized carbons (Fsp3) is 0.611. The molecule has 1 aromatic carbocycles. The average molecular weight is 497 g/mol. The van der Waals surface area contributed by atoms with Crippen LogP contribution in [0.4, 0.5) is 4.39 Å². The Labute approximate surface area is 176 Å². The van der Waals surface area contributed by atoms with E-state index < -0.39 is 6.10 Å². The number of benzene rings is 1. The third kappa shape index (κ3) is 7.87. The van der Waals surface area contributed by atoms with Gasteiger partial charge in [-0.3, -0.25) is 4.99 Å². The maximum absolute atomic E-state index is 12.9. The van der Waals surface area contributed by atoms with Crippen molar-refractivity contribution < 1.29 is 14.2 Å². The fourth-order valence-corrected chi connectivity index (χ4v) is 3.70. The van der Waals surface area contributed by atoms with Crippen molar-refractivity contribution in [3.8, 4) is 5.75 Å². The van der Waals surface area contributed by atoms with E-state index in [-0.39, 0.29) is 47.7 Å². The summed E-state index contributed by atoms with van der Waals surface area (Å²) in [6.45, 7) is 9.54. The number of ether oxygens (including phenoxy) is 1. The standard InChI is InChI=1S/C18H28FN3O2S.HI/c1-4-20-17(22-9-10-25-18(2,3)13-22)21-11-15(23)12-24-16-7-5-14(19)6-8-16;/h5-8,15,23H,4,9-13H2,1-3H3,(H,20,21);1H. The first-order valence-electron chi connectivity index (χ1n) is 8.63. The van der Waals surface area contributed by atoms with Crippen LogP contribution in [0.3, 0.4) is 0 Å². The van der Waals surface area contributed by atoms with E-state index in [4.69, 9.17) is 4.74 Å². The van der Waals surface area contributed by atoms with E-state index in [0.717, 1.165) is 31.3 Å². The molecular weight excluding hydrogens is 468 g/mol. The predicted octanol–water partition coefficient (Wildman–Crippen LogP) is 2.98. The van der Waals surface area contributed by atoms with Gasteiger partial charge >= 0.3 is 0 Å². The van der Waals surface area contributed by atoms with Crippen molar-refractivity contribution in [1.29, 1.82) is 0 Å². The highest BCUT2D eigenvalue weighted by Crippen LogP contribution is 2.29. The number of guanidine groups is 1. The Kier molecular flexibility index (Phi) is 10.0. The number of nitrogens with zero attached hydrogens (tertiary/aromatic N) is 2. The highest BCUT2D eigenvalue weighted by atomic mass is 127. The van der Waals surface area contributed by atoms with Gasteiger partial charge in [-0.1, -0.05) is 0 Å². The molecule has 5 nitrogen and oxygen atoms in total. The van der Waals surface area contributed by atoms with E-state index >= 15 is 0 Å². The SMILES string of the molecule is CCNC(=NCC(O)COc1ccc(F)cc1)N1CCSC(C)(C)C1.I. The van der Waals surface area contributed by atoms with Crippen LogP contribution in [0.25, 0.3) is 0 Å². The lowest BCUT2D eigenvalue weighted by Gasteiger charge is -2.39. The predicted molar refractivity (Wildman–Crippen MR) is 117 cm³/mol. The summed E-state index contributed by atoms with van der Waals surface area (Å²) in [6.07, 6.45) is -0.717. The van der Waals surface area contributed by atoms with E-state index in [1.807, 2.05) is 18.7 Å². The molecule has 2 rings (SSSR count). The molecule has 1 aliphatic rings. The second kappa shape index (κ2) is 11.2. The first-order valence-corrected chi connectivity index (χ1v) is 9.62. The number of aliphatic hydroxyl groups is 1. The lowest BCUT2D eigenvalue weighted by atomic mass is 10.2. The van der Waals surface area contributed by atoms with Crippen LogP contribution >= 0.6 is 35.7 Å². The number of halogens is 2. The van der Waals surface area contributed by atoms with Gasteiger partial charge in [-0.05, 0) is 45.0 Å². The van der Waals surface area contributed by atoms with Crippen LogP contribution < -0.4 is 10.1 Å². The number of aliphatic hydroxyl groups excluding tert-OH is 1. The molecule has 0 amide bonds. The molecule has 1 aromatic rings. The van der Waals surface area contributed by atoms with Gasteiger partial charge < -0.3 is 20.1 Å². The van der Waals surface area contributed by atoms with E-state index in [9.17, 15) is 9.50 Å². The summed E-state index contributed by atoms with van der Waals surface area (Å²) in [5, 5.41) is 13.4. The Morgan fingerprint density at radius 1 is 1.42 bits per heavy atom. The van der Waals surface area contributed by atoms with Crippen molar-refractivity contribution in [2.75, 3.05) is 38.5 Å². The summed E-state index contributed by atoms with van der Waals surface area (Å²) < 4.78 is 18.5. The van der Waals surface area contributed by atoms with Gasteiger partial charge in [0.1, 0.15) is 24.3 Å². The zero-order valence-corrected chi connectivity index (χ0v) is 18.7. The highest BCUT2D eigenvalue weighted by molar-refractivity contribution is 14.0. The maximum atomic E-state index is 12.9. The largest absolute Gasteiger partial charge is 0.491 e. The Hall–Kier alpha value is -0.740. The minimum absolute atomic E-state index is 0. The Bertz CT molecular complexity index is 572. The van der Waals surface area contributed by atoms with E-state index in [1.54, 1.807) is 12.1 Å². The molecule has 0 spiro atoms. The third-order valence-electron chi connectivity index (χ3n) is 3.77. The number of rotatable bonds is 6. The second-order valence-electron chi connectivity index (χ2n) is 6.64. The monoisotopic (exact) mass is 497 g/mol. The molecule has 8 heteroatoms. The number of nitrogens with one attached hydrogen (secondary N) is 1. The van der Waals surface area contributed by atoms with Crippen molar-refractivity contribution in [1.82, 2.24) is 10.2 Å². The zero-order valence-electron chi connectivity index (χ0n) is 15.6. The van der Waals surface area contributed by atoms with E-state index in [1.165, 1.54) is 12.1 Å². The van der Waals surface area contributed by atoms with Gasteiger partial charge in [0.15, 0.2) is 5.96 Å². The molecule has 1 atom stereocenters. The molecule has 1 fully saturated rings. The summed E-state index contributed by atoms with van der Waals surface area (Å²) in [5.74, 6) is 2.12. The van der Waals surface area contributed by atoms with Crippen LogP contribution in [0.2, 0.25) is 0 Å². The van der Waals surface area contributed by atoms with Gasteiger partial charge in [-0.25, -0.2) is 4.39 Å². The van der Waals surface area contributed by atoms with Crippen molar-refractivity contribution in [2.45, 2.75) is 31.6 Å². The highest BCUT2D eigenvalue weighted by Gasteiger charge is 2.28. The third-order valence-corrected chi connectivity index (χ3v) is 5.07. The van der Waals surface area contributed by atoms with Crippen LogP contribution in [0, 0.1) is 5.82 Å². The molecule has 1 heterocycles. The minimum atomic E-state index is -0.717. The normalized spacial score (nSPS) is 18.0. The van der Waals surface area contributed by atoms with Crippen LogP contribution in [0.5, 0.6) is 5.75 Å². The average Bonchev–Trinajstić information content (AvgIpc) is 2.57. The van der Waals surface area contributed by atoms with Crippen LogP contribution in [-0.2, 0) is 0 Å². The molecule has 1 aliphatic heterocycles. The fourth-order valence-electron chi connectivity index (χ4n) is 2.59. The van der Waals surface area contributed by atoms with Crippen molar-refractivity contribution in [3.63, 3.8) is 0 Å². The molecule has 148 valence electrons. The second-order valence-corrected chi connectivity index (χ2v) is 8.45. The van der Waals surface area contributed by atoms with Gasteiger partial charge in [0, 0.05) is 30.1 Å². The molecule has 26 heavy (non-hydrogen) atoms. The van der Waals surface area contributed by atoms with Gasteiger partial charge in [0.05, 0.1) is 6.54 Å². The molecule has 0 saturated carbocycles. The van der Waals surface area contributed by atoms with Gasteiger partial charge in [0.2, 0.25) is 0 Å². The minimum Gasteiger partial charge on any atom is -0.491 e. The Morgan fingerprint density at radius 2 is 2.12 bits per heavy atom. The summed E-state index contributed by atoms with van der Waals surface area (Å²) in [7, 11) is 0. The molecule has 2 N–H and O–H groups in total. The summed E-state index contributed by atoms with van der Waals surface area (Å²) in [6, 6.07) is 5.75. The number of hydrogen-bond acceptors (Lipinski definition) is 4. The van der Waals surface area contributed by atoms with Gasteiger partial charge in [0.25, 0.3) is 0 Å². The summed E-state index contributed by atoms with van der Waals surface area (Å²) >= 11 is 1.97. The lowest BCUT2D eigenvalue weighted by molar-refractivity contribution is 0.114. The Morgan fingerprint density at radius 3 is 2.73 bits per heavy atom. The first-order chi connectivity index (χ1) is 11.9. The molecule has 1 unspecified atom stereocenters. The number of aliphatic imine (C=N–C) groups is 1. The first kappa shape index (κ1) is 23.3.